The van der Waals surface area contributed by atoms with Crippen molar-refractivity contribution in [2.75, 3.05) is 7.11 Å². The van der Waals surface area contributed by atoms with Crippen LogP contribution in [0.1, 0.15) is 11.1 Å². The lowest BCUT2D eigenvalue weighted by Gasteiger charge is -2.04. The van der Waals surface area contributed by atoms with Crippen LogP contribution in [0, 0.1) is 11.3 Å². The molecular formula is C20H15NO. The second-order valence-electron chi connectivity index (χ2n) is 5.01. The minimum Gasteiger partial charge on any atom is -0.497 e. The van der Waals surface area contributed by atoms with Crippen LogP contribution in [0.5, 0.6) is 5.75 Å². The van der Waals surface area contributed by atoms with Crippen LogP contribution in [-0.2, 0) is 0 Å². The van der Waals surface area contributed by atoms with E-state index in [-0.39, 0.29) is 0 Å². The van der Waals surface area contributed by atoms with Gasteiger partial charge in [0, 0.05) is 0 Å². The third-order valence-corrected chi connectivity index (χ3v) is 3.59. The van der Waals surface area contributed by atoms with Crippen LogP contribution in [0.4, 0.5) is 0 Å². The van der Waals surface area contributed by atoms with Gasteiger partial charge < -0.3 is 4.74 Å². The van der Waals surface area contributed by atoms with Gasteiger partial charge in [0.2, 0.25) is 0 Å². The summed E-state index contributed by atoms with van der Waals surface area (Å²) in [4.78, 5) is 0. The molecular weight excluding hydrogens is 270 g/mol. The van der Waals surface area contributed by atoms with Crippen molar-refractivity contribution in [1.29, 1.82) is 5.26 Å². The lowest BCUT2D eigenvalue weighted by Crippen LogP contribution is -1.85. The maximum atomic E-state index is 9.49. The Balaban J connectivity index is 2.05. The summed E-state index contributed by atoms with van der Waals surface area (Å²) in [5.74, 6) is 0.782. The van der Waals surface area contributed by atoms with Crippen molar-refractivity contribution < 1.29 is 4.74 Å². The minimum absolute atomic E-state index is 0.638. The first-order valence-corrected chi connectivity index (χ1v) is 7.05. The summed E-state index contributed by atoms with van der Waals surface area (Å²) in [6.07, 6.45) is 1.88. The van der Waals surface area contributed by atoms with Gasteiger partial charge in [-0.1, -0.05) is 48.5 Å². The second kappa shape index (κ2) is 6.15. The lowest BCUT2D eigenvalue weighted by atomic mass is 10.00. The predicted octanol–water partition coefficient (Wildman–Crippen LogP) is 4.91. The Morgan fingerprint density at radius 3 is 2.55 bits per heavy atom. The van der Waals surface area contributed by atoms with Crippen LogP contribution < -0.4 is 4.74 Å². The number of ether oxygens (including phenoxy) is 1. The van der Waals surface area contributed by atoms with Crippen molar-refractivity contribution in [3.05, 3.63) is 77.9 Å². The molecule has 0 aromatic heterocycles. The molecule has 0 saturated heterocycles. The first kappa shape index (κ1) is 13.9. The fraction of sp³-hybridized carbons (Fsp3) is 0.0500. The van der Waals surface area contributed by atoms with Gasteiger partial charge in [-0.25, -0.2) is 0 Å². The molecule has 2 heteroatoms. The summed E-state index contributed by atoms with van der Waals surface area (Å²) in [5.41, 5.74) is 2.51. The van der Waals surface area contributed by atoms with Gasteiger partial charge in [-0.2, -0.15) is 5.26 Å². The molecule has 0 aliphatic rings. The molecule has 0 bridgehead atoms. The van der Waals surface area contributed by atoms with Crippen molar-refractivity contribution >= 4 is 22.4 Å². The van der Waals surface area contributed by atoms with Gasteiger partial charge in [0.05, 0.1) is 18.8 Å². The van der Waals surface area contributed by atoms with Crippen molar-refractivity contribution in [3.63, 3.8) is 0 Å². The number of hydrogen-bond donors (Lipinski definition) is 0. The molecule has 0 saturated carbocycles. The highest BCUT2D eigenvalue weighted by atomic mass is 16.5. The molecule has 0 N–H and O–H groups in total. The Kier molecular flexibility index (Phi) is 3.89. The molecule has 0 atom stereocenters. The van der Waals surface area contributed by atoms with E-state index in [0.29, 0.717) is 5.57 Å². The third-order valence-electron chi connectivity index (χ3n) is 3.59. The monoisotopic (exact) mass is 285 g/mol. The first-order valence-electron chi connectivity index (χ1n) is 7.05. The molecule has 0 fully saturated rings. The number of benzene rings is 3. The summed E-state index contributed by atoms with van der Waals surface area (Å²) < 4.78 is 5.22. The van der Waals surface area contributed by atoms with Gasteiger partial charge in [-0.05, 0) is 46.2 Å². The summed E-state index contributed by atoms with van der Waals surface area (Å²) >= 11 is 0. The number of rotatable bonds is 3. The van der Waals surface area contributed by atoms with E-state index < -0.39 is 0 Å². The van der Waals surface area contributed by atoms with Gasteiger partial charge in [-0.3, -0.25) is 0 Å². The van der Waals surface area contributed by atoms with E-state index in [4.69, 9.17) is 4.74 Å². The average molecular weight is 285 g/mol. The summed E-state index contributed by atoms with van der Waals surface area (Å²) in [6.45, 7) is 0. The molecule has 0 unspecified atom stereocenters. The number of nitriles is 1. The fourth-order valence-electron chi connectivity index (χ4n) is 2.43. The molecule has 0 amide bonds. The minimum atomic E-state index is 0.638. The Morgan fingerprint density at radius 1 is 0.955 bits per heavy atom. The van der Waals surface area contributed by atoms with E-state index in [2.05, 4.69) is 18.2 Å². The molecule has 3 aromatic carbocycles. The molecule has 3 rings (SSSR count). The van der Waals surface area contributed by atoms with Crippen molar-refractivity contribution in [2.45, 2.75) is 0 Å². The van der Waals surface area contributed by atoms with Crippen molar-refractivity contribution in [3.8, 4) is 11.8 Å². The van der Waals surface area contributed by atoms with Crippen molar-refractivity contribution in [1.82, 2.24) is 0 Å². The van der Waals surface area contributed by atoms with E-state index in [9.17, 15) is 5.26 Å². The molecule has 2 nitrogen and oxygen atoms in total. The van der Waals surface area contributed by atoms with Crippen LogP contribution in [0.15, 0.2) is 66.7 Å². The third kappa shape index (κ3) is 2.84. The quantitative estimate of drug-likeness (QED) is 0.506. The van der Waals surface area contributed by atoms with Crippen LogP contribution in [0.3, 0.4) is 0 Å². The molecule has 0 radical (unpaired) electrons. The van der Waals surface area contributed by atoms with E-state index in [0.717, 1.165) is 22.3 Å². The van der Waals surface area contributed by atoms with Crippen LogP contribution in [0.2, 0.25) is 0 Å². The van der Waals surface area contributed by atoms with Gasteiger partial charge in [0.25, 0.3) is 0 Å². The number of allylic oxidation sites excluding steroid dienone is 1. The van der Waals surface area contributed by atoms with E-state index in [1.54, 1.807) is 7.11 Å². The van der Waals surface area contributed by atoms with Gasteiger partial charge in [0.15, 0.2) is 0 Å². The van der Waals surface area contributed by atoms with Crippen LogP contribution >= 0.6 is 0 Å². The SMILES string of the molecule is COc1cccc(/C=C(/C#N)c2ccc3ccccc3c2)c1. The van der Waals surface area contributed by atoms with Gasteiger partial charge in [0.1, 0.15) is 5.75 Å². The zero-order valence-corrected chi connectivity index (χ0v) is 12.3. The van der Waals surface area contributed by atoms with E-state index >= 15 is 0 Å². The summed E-state index contributed by atoms with van der Waals surface area (Å²) in [7, 11) is 1.64. The maximum Gasteiger partial charge on any atom is 0.119 e. The van der Waals surface area contributed by atoms with Gasteiger partial charge >= 0.3 is 0 Å². The highest BCUT2D eigenvalue weighted by Crippen LogP contribution is 2.24. The molecule has 3 aromatic rings. The molecule has 0 heterocycles. The summed E-state index contributed by atoms with van der Waals surface area (Å²) in [5, 5.41) is 11.8. The smallest absolute Gasteiger partial charge is 0.119 e. The zero-order valence-electron chi connectivity index (χ0n) is 12.3. The fourth-order valence-corrected chi connectivity index (χ4v) is 2.43. The predicted molar refractivity (Wildman–Crippen MR) is 90.4 cm³/mol. The van der Waals surface area contributed by atoms with Crippen LogP contribution in [0.25, 0.3) is 22.4 Å². The highest BCUT2D eigenvalue weighted by Gasteiger charge is 2.03. The Hall–Kier alpha value is -3.05. The molecule has 0 spiro atoms. The highest BCUT2D eigenvalue weighted by molar-refractivity contribution is 5.94. The first-order chi connectivity index (χ1) is 10.8. The number of methoxy groups -OCH3 is 1. The number of nitrogens with zero attached hydrogens (tertiary/aromatic N) is 1. The molecule has 22 heavy (non-hydrogen) atoms. The molecule has 0 aliphatic carbocycles. The number of hydrogen-bond acceptors (Lipinski definition) is 2. The largest absolute Gasteiger partial charge is 0.497 e. The van der Waals surface area contributed by atoms with E-state index in [1.807, 2.05) is 60.7 Å². The van der Waals surface area contributed by atoms with Gasteiger partial charge in [-0.15, -0.1) is 0 Å². The topological polar surface area (TPSA) is 33.0 Å². The number of fused-ring (bicyclic) bond motifs is 1. The zero-order chi connectivity index (χ0) is 15.4. The Morgan fingerprint density at radius 2 is 1.77 bits per heavy atom. The van der Waals surface area contributed by atoms with Crippen LogP contribution in [-0.4, -0.2) is 7.11 Å². The Labute approximate surface area is 129 Å². The average Bonchev–Trinajstić information content (AvgIpc) is 2.59. The Bertz CT molecular complexity index is 887. The normalized spacial score (nSPS) is 11.2. The van der Waals surface area contributed by atoms with E-state index in [1.165, 1.54) is 5.39 Å². The second-order valence-corrected chi connectivity index (χ2v) is 5.01. The molecule has 0 aliphatic heterocycles. The lowest BCUT2D eigenvalue weighted by molar-refractivity contribution is 0.414. The van der Waals surface area contributed by atoms with Crippen molar-refractivity contribution in [2.24, 2.45) is 0 Å². The standard InChI is InChI=1S/C20H15NO/c1-22-20-8-4-5-15(12-20)11-19(14-21)18-10-9-16-6-2-3-7-17(16)13-18/h2-13H,1H3/b19-11-. The maximum absolute atomic E-state index is 9.49. The summed E-state index contributed by atoms with van der Waals surface area (Å²) in [6, 6.07) is 24.2. The molecule has 106 valence electrons.